The van der Waals surface area contributed by atoms with Crippen LogP contribution in [-0.2, 0) is 16.4 Å². The fraction of sp³-hybridized carbons (Fsp3) is 0.217. The van der Waals surface area contributed by atoms with E-state index in [9.17, 15) is 18.3 Å². The van der Waals surface area contributed by atoms with Crippen LogP contribution >= 0.6 is 0 Å². The summed E-state index contributed by atoms with van der Waals surface area (Å²) in [4.78, 5) is 13.3. The van der Waals surface area contributed by atoms with Gasteiger partial charge in [-0.2, -0.15) is 5.10 Å². The van der Waals surface area contributed by atoms with E-state index in [1.807, 2.05) is 0 Å². The van der Waals surface area contributed by atoms with Crippen molar-refractivity contribution in [1.82, 2.24) is 9.78 Å². The summed E-state index contributed by atoms with van der Waals surface area (Å²) in [6.45, 7) is 7.87. The van der Waals surface area contributed by atoms with Gasteiger partial charge in [0.25, 0.3) is 0 Å². The van der Waals surface area contributed by atoms with Crippen LogP contribution in [0.2, 0.25) is 0 Å². The number of aryl methyl sites for hydroxylation is 1. The molecule has 2 aromatic carbocycles. The van der Waals surface area contributed by atoms with E-state index in [0.717, 1.165) is 6.26 Å². The molecule has 0 saturated heterocycles. The minimum Gasteiger partial charge on any atom is -0.493 e. The molecule has 1 N–H and O–H groups in total. The zero-order chi connectivity index (χ0) is 22.8. The average Bonchev–Trinajstić information content (AvgIpc) is 3.11. The van der Waals surface area contributed by atoms with Crippen molar-refractivity contribution in [3.63, 3.8) is 0 Å². The van der Waals surface area contributed by atoms with Gasteiger partial charge >= 0.3 is 0 Å². The third-order valence-corrected chi connectivity index (χ3v) is 6.08. The van der Waals surface area contributed by atoms with Crippen LogP contribution in [0.3, 0.4) is 0 Å². The highest BCUT2D eigenvalue weighted by molar-refractivity contribution is 7.90. The monoisotopic (exact) mass is 440 g/mol. The van der Waals surface area contributed by atoms with Gasteiger partial charge in [0.15, 0.2) is 15.6 Å². The number of benzene rings is 2. The summed E-state index contributed by atoms with van der Waals surface area (Å²) in [5.41, 5.74) is 1.92. The zero-order valence-corrected chi connectivity index (χ0v) is 18.4. The van der Waals surface area contributed by atoms with Gasteiger partial charge in [0, 0.05) is 23.9 Å². The molecule has 1 heterocycles. The van der Waals surface area contributed by atoms with Crippen LogP contribution in [0.5, 0.6) is 11.6 Å². The van der Waals surface area contributed by atoms with Crippen molar-refractivity contribution < 1.29 is 23.1 Å². The summed E-state index contributed by atoms with van der Waals surface area (Å²) in [6.07, 6.45) is 4.08. The molecule has 162 valence electrons. The Morgan fingerprint density at radius 3 is 2.42 bits per heavy atom. The zero-order valence-electron chi connectivity index (χ0n) is 17.6. The van der Waals surface area contributed by atoms with Crippen LogP contribution in [0, 0.1) is 6.92 Å². The molecule has 31 heavy (non-hydrogen) atoms. The lowest BCUT2D eigenvalue weighted by Gasteiger charge is -2.16. The Balaban J connectivity index is 2.16. The third-order valence-electron chi connectivity index (χ3n) is 4.94. The van der Waals surface area contributed by atoms with Gasteiger partial charge in [-0.15, -0.1) is 0 Å². The number of hydrogen-bond acceptors (Lipinski definition) is 6. The fourth-order valence-corrected chi connectivity index (χ4v) is 4.35. The molecular weight excluding hydrogens is 416 g/mol. The SMILES string of the molecule is C=CCOc1ccc(-c2c(S(C)(=O)=O)ccc(C(=O)c3cnn(CC)c3O)c2C)cc1. The van der Waals surface area contributed by atoms with Crippen LogP contribution < -0.4 is 4.74 Å². The summed E-state index contributed by atoms with van der Waals surface area (Å²) in [5.74, 6) is -0.0300. The molecule has 0 radical (unpaired) electrons. The second-order valence-corrected chi connectivity index (χ2v) is 9.02. The standard InChI is InChI=1S/C23H24N2O5S/c1-5-13-30-17-9-7-16(8-10-17)21-15(3)18(11-12-20(21)31(4,28)29)22(26)19-14-24-25(6-2)23(19)27/h5,7-12,14,27H,1,6,13H2,2-4H3. The molecule has 0 amide bonds. The molecule has 0 bridgehead atoms. The lowest BCUT2D eigenvalue weighted by molar-refractivity contribution is 0.103. The molecular formula is C23H24N2O5S. The highest BCUT2D eigenvalue weighted by Gasteiger charge is 2.25. The number of ether oxygens (including phenoxy) is 1. The summed E-state index contributed by atoms with van der Waals surface area (Å²) in [5, 5.41) is 14.3. The molecule has 7 nitrogen and oxygen atoms in total. The maximum Gasteiger partial charge on any atom is 0.220 e. The molecule has 3 rings (SSSR count). The smallest absolute Gasteiger partial charge is 0.220 e. The first-order chi connectivity index (χ1) is 14.7. The summed E-state index contributed by atoms with van der Waals surface area (Å²) in [6, 6.07) is 9.86. The van der Waals surface area contributed by atoms with Crippen molar-refractivity contribution >= 4 is 15.6 Å². The Morgan fingerprint density at radius 2 is 1.87 bits per heavy atom. The normalized spacial score (nSPS) is 11.3. The molecule has 0 spiro atoms. The van der Waals surface area contributed by atoms with Gasteiger partial charge in [-0.1, -0.05) is 24.8 Å². The number of sulfone groups is 1. The molecule has 0 aliphatic rings. The Labute approximate surface area is 181 Å². The van der Waals surface area contributed by atoms with Gasteiger partial charge < -0.3 is 9.84 Å². The van der Waals surface area contributed by atoms with Crippen molar-refractivity contribution in [2.45, 2.75) is 25.3 Å². The number of rotatable bonds is 8. The molecule has 8 heteroatoms. The Kier molecular flexibility index (Phi) is 6.31. The van der Waals surface area contributed by atoms with E-state index >= 15 is 0 Å². The van der Waals surface area contributed by atoms with Crippen molar-refractivity contribution in [3.8, 4) is 22.8 Å². The van der Waals surface area contributed by atoms with Gasteiger partial charge in [-0.3, -0.25) is 4.79 Å². The van der Waals surface area contributed by atoms with E-state index in [1.54, 1.807) is 44.2 Å². The van der Waals surface area contributed by atoms with Crippen molar-refractivity contribution in [3.05, 3.63) is 71.9 Å². The topological polar surface area (TPSA) is 98.5 Å². The number of aromatic nitrogens is 2. The molecule has 0 aliphatic carbocycles. The largest absolute Gasteiger partial charge is 0.493 e. The van der Waals surface area contributed by atoms with Crippen LogP contribution in [0.1, 0.15) is 28.4 Å². The maximum absolute atomic E-state index is 13.1. The quantitative estimate of drug-likeness (QED) is 0.423. The first kappa shape index (κ1) is 22.3. The van der Waals surface area contributed by atoms with Crippen LogP contribution in [0.25, 0.3) is 11.1 Å². The average molecular weight is 441 g/mol. The molecule has 0 fully saturated rings. The number of carbonyl (C=O) groups excluding carboxylic acids is 1. The minimum absolute atomic E-state index is 0.0659. The van der Waals surface area contributed by atoms with E-state index < -0.39 is 15.6 Å². The van der Waals surface area contributed by atoms with E-state index in [1.165, 1.54) is 23.0 Å². The van der Waals surface area contributed by atoms with Crippen molar-refractivity contribution in [1.29, 1.82) is 0 Å². The van der Waals surface area contributed by atoms with Gasteiger partial charge in [0.2, 0.25) is 5.88 Å². The highest BCUT2D eigenvalue weighted by Crippen LogP contribution is 2.35. The number of aromatic hydroxyl groups is 1. The Hall–Kier alpha value is -3.39. The van der Waals surface area contributed by atoms with Crippen molar-refractivity contribution in [2.75, 3.05) is 12.9 Å². The second-order valence-electron chi connectivity index (χ2n) is 7.03. The first-order valence-electron chi connectivity index (χ1n) is 9.66. The molecule has 1 aromatic heterocycles. The van der Waals surface area contributed by atoms with Gasteiger partial charge in [0.05, 0.1) is 11.1 Å². The summed E-state index contributed by atoms with van der Waals surface area (Å²) in [7, 11) is -3.57. The van der Waals surface area contributed by atoms with Gasteiger partial charge in [-0.05, 0) is 49.2 Å². The fourth-order valence-electron chi connectivity index (χ4n) is 3.39. The van der Waals surface area contributed by atoms with E-state index in [-0.39, 0.29) is 16.3 Å². The van der Waals surface area contributed by atoms with E-state index in [0.29, 0.717) is 41.2 Å². The Morgan fingerprint density at radius 1 is 1.19 bits per heavy atom. The third kappa shape index (κ3) is 4.39. The second kappa shape index (κ2) is 8.77. The number of hydrogen-bond donors (Lipinski definition) is 1. The van der Waals surface area contributed by atoms with Crippen molar-refractivity contribution in [2.24, 2.45) is 0 Å². The van der Waals surface area contributed by atoms with E-state index in [4.69, 9.17) is 4.74 Å². The lowest BCUT2D eigenvalue weighted by atomic mass is 9.93. The predicted molar refractivity (Wildman–Crippen MR) is 118 cm³/mol. The molecule has 0 saturated carbocycles. The first-order valence-corrected chi connectivity index (χ1v) is 11.6. The maximum atomic E-state index is 13.1. The lowest BCUT2D eigenvalue weighted by Crippen LogP contribution is -2.09. The van der Waals surface area contributed by atoms with E-state index in [2.05, 4.69) is 11.7 Å². The number of carbonyl (C=O) groups is 1. The highest BCUT2D eigenvalue weighted by atomic mass is 32.2. The molecule has 0 aliphatic heterocycles. The number of nitrogens with zero attached hydrogens (tertiary/aromatic N) is 2. The van der Waals surface area contributed by atoms with Crippen LogP contribution in [0.15, 0.2) is 60.1 Å². The van der Waals surface area contributed by atoms with Crippen LogP contribution in [0.4, 0.5) is 0 Å². The summed E-state index contributed by atoms with van der Waals surface area (Å²) >= 11 is 0. The summed E-state index contributed by atoms with van der Waals surface area (Å²) < 4.78 is 31.7. The minimum atomic E-state index is -3.57. The molecule has 0 atom stereocenters. The van der Waals surface area contributed by atoms with Gasteiger partial charge in [0.1, 0.15) is 17.9 Å². The number of ketones is 1. The van der Waals surface area contributed by atoms with Crippen LogP contribution in [-0.4, -0.2) is 42.0 Å². The molecule has 0 unspecified atom stereocenters. The van der Waals surface area contributed by atoms with Gasteiger partial charge in [-0.25, -0.2) is 13.1 Å². The Bertz CT molecular complexity index is 1240. The predicted octanol–water partition coefficient (Wildman–Crippen LogP) is 3.78. The molecule has 3 aromatic rings.